The van der Waals surface area contributed by atoms with Gasteiger partial charge in [0.1, 0.15) is 6.10 Å². The first-order valence-electron chi connectivity index (χ1n) is 8.93. The quantitative estimate of drug-likeness (QED) is 0.689. The minimum atomic E-state index is -1.01. The van der Waals surface area contributed by atoms with Crippen LogP contribution < -0.4 is 5.73 Å². The van der Waals surface area contributed by atoms with Crippen LogP contribution in [0.3, 0.4) is 0 Å². The fourth-order valence-electron chi connectivity index (χ4n) is 3.09. The van der Waals surface area contributed by atoms with E-state index in [1.165, 1.54) is 0 Å². The topological polar surface area (TPSA) is 53.7 Å². The maximum Gasteiger partial charge on any atom is 0.200 e. The number of hydrogen-bond donors (Lipinski definition) is 1. The van der Waals surface area contributed by atoms with Gasteiger partial charge >= 0.3 is 0 Å². The lowest BCUT2D eigenvalue weighted by Crippen LogP contribution is -2.33. The predicted octanol–water partition coefficient (Wildman–Crippen LogP) is 5.20. The van der Waals surface area contributed by atoms with Crippen molar-refractivity contribution in [1.82, 2.24) is 0 Å². The standard InChI is InChI=1S/C21H25Cl2NO3/c1-20(2,3)25-12-17-13-26-21(27-17,11-14-5-4-6-16(24)9-14)18-8-7-15(22)10-19(18)23/h4-10,17H,11-13,24H2,1-3H3. The first-order chi connectivity index (χ1) is 12.7. The van der Waals surface area contributed by atoms with E-state index in [4.69, 9.17) is 43.1 Å². The van der Waals surface area contributed by atoms with E-state index in [0.29, 0.717) is 35.4 Å². The van der Waals surface area contributed by atoms with Crippen LogP contribution in [0.25, 0.3) is 0 Å². The van der Waals surface area contributed by atoms with Gasteiger partial charge in [-0.15, -0.1) is 0 Å². The summed E-state index contributed by atoms with van der Waals surface area (Å²) in [5.41, 5.74) is 8.13. The van der Waals surface area contributed by atoms with Crippen LogP contribution in [0.1, 0.15) is 31.9 Å². The van der Waals surface area contributed by atoms with Crippen molar-refractivity contribution in [3.8, 4) is 0 Å². The van der Waals surface area contributed by atoms with E-state index in [0.717, 1.165) is 11.1 Å². The molecule has 1 aliphatic rings. The highest BCUT2D eigenvalue weighted by Crippen LogP contribution is 2.42. The maximum absolute atomic E-state index is 6.49. The molecule has 0 spiro atoms. The summed E-state index contributed by atoms with van der Waals surface area (Å²) in [5.74, 6) is -1.01. The van der Waals surface area contributed by atoms with E-state index in [9.17, 15) is 0 Å². The van der Waals surface area contributed by atoms with Gasteiger partial charge in [-0.25, -0.2) is 0 Å². The molecule has 6 heteroatoms. The van der Waals surface area contributed by atoms with Gasteiger partial charge in [0.15, 0.2) is 0 Å². The molecule has 3 rings (SSSR count). The summed E-state index contributed by atoms with van der Waals surface area (Å²) in [6.07, 6.45) is 0.280. The lowest BCUT2D eigenvalue weighted by atomic mass is 9.97. The average molecular weight is 410 g/mol. The molecule has 4 nitrogen and oxygen atoms in total. The third kappa shape index (κ3) is 5.15. The van der Waals surface area contributed by atoms with Crippen molar-refractivity contribution in [2.75, 3.05) is 18.9 Å². The predicted molar refractivity (Wildman–Crippen MR) is 109 cm³/mol. The van der Waals surface area contributed by atoms with Crippen molar-refractivity contribution in [3.63, 3.8) is 0 Å². The van der Waals surface area contributed by atoms with Gasteiger partial charge < -0.3 is 19.9 Å². The van der Waals surface area contributed by atoms with Crippen molar-refractivity contribution in [3.05, 3.63) is 63.6 Å². The smallest absolute Gasteiger partial charge is 0.200 e. The Hall–Kier alpha value is -1.30. The van der Waals surface area contributed by atoms with Crippen LogP contribution in [-0.2, 0) is 26.4 Å². The van der Waals surface area contributed by atoms with E-state index in [1.807, 2.05) is 51.1 Å². The van der Waals surface area contributed by atoms with Crippen LogP contribution in [0.4, 0.5) is 5.69 Å². The van der Waals surface area contributed by atoms with E-state index >= 15 is 0 Å². The number of hydrogen-bond acceptors (Lipinski definition) is 4. The third-order valence-electron chi connectivity index (χ3n) is 4.29. The average Bonchev–Trinajstić information content (AvgIpc) is 2.96. The Labute approximate surface area is 170 Å². The van der Waals surface area contributed by atoms with Gasteiger partial charge in [-0.05, 0) is 50.6 Å². The number of ether oxygens (including phenoxy) is 3. The molecule has 0 saturated carbocycles. The van der Waals surface area contributed by atoms with Crippen LogP contribution in [0.5, 0.6) is 0 Å². The first kappa shape index (κ1) is 20.4. The first-order valence-corrected chi connectivity index (χ1v) is 9.68. The second-order valence-corrected chi connectivity index (χ2v) is 8.62. The summed E-state index contributed by atoms with van der Waals surface area (Å²) in [5, 5.41) is 1.07. The van der Waals surface area contributed by atoms with E-state index in [-0.39, 0.29) is 11.7 Å². The molecule has 0 aromatic heterocycles. The molecule has 1 fully saturated rings. The van der Waals surface area contributed by atoms with Gasteiger partial charge in [-0.1, -0.05) is 41.4 Å². The number of rotatable bonds is 5. The molecule has 2 aromatic rings. The van der Waals surface area contributed by atoms with Gasteiger partial charge in [-0.3, -0.25) is 0 Å². The molecule has 2 unspecified atom stereocenters. The molecule has 2 N–H and O–H groups in total. The summed E-state index contributed by atoms with van der Waals surface area (Å²) in [6, 6.07) is 13.0. The molecule has 2 aromatic carbocycles. The van der Waals surface area contributed by atoms with Crippen molar-refractivity contribution < 1.29 is 14.2 Å². The SMILES string of the molecule is CC(C)(C)OCC1COC(Cc2cccc(N)c2)(c2ccc(Cl)cc2Cl)O1. The fraction of sp³-hybridized carbons (Fsp3) is 0.429. The zero-order valence-corrected chi connectivity index (χ0v) is 17.3. The molecule has 1 saturated heterocycles. The highest BCUT2D eigenvalue weighted by Gasteiger charge is 2.45. The lowest BCUT2D eigenvalue weighted by Gasteiger charge is -2.30. The monoisotopic (exact) mass is 409 g/mol. The molecule has 1 heterocycles. The largest absolute Gasteiger partial charge is 0.399 e. The normalized spacial score (nSPS) is 22.9. The Bertz CT molecular complexity index is 806. The van der Waals surface area contributed by atoms with Crippen LogP contribution >= 0.6 is 23.2 Å². The summed E-state index contributed by atoms with van der Waals surface area (Å²) in [4.78, 5) is 0. The van der Waals surface area contributed by atoms with Gasteiger partial charge in [0.25, 0.3) is 0 Å². The summed E-state index contributed by atoms with van der Waals surface area (Å²) in [6.45, 7) is 6.89. The van der Waals surface area contributed by atoms with Crippen LogP contribution in [-0.4, -0.2) is 24.9 Å². The van der Waals surface area contributed by atoms with Crippen LogP contribution in [0, 0.1) is 0 Å². The number of nitrogen functional groups attached to an aromatic ring is 1. The molecule has 0 amide bonds. The molecule has 27 heavy (non-hydrogen) atoms. The molecular formula is C21H25Cl2NO3. The summed E-state index contributed by atoms with van der Waals surface area (Å²) < 4.78 is 18.5. The minimum absolute atomic E-state index is 0.197. The number of benzene rings is 2. The van der Waals surface area contributed by atoms with Crippen molar-refractivity contribution in [1.29, 1.82) is 0 Å². The second-order valence-electron chi connectivity index (χ2n) is 7.77. The van der Waals surface area contributed by atoms with Gasteiger partial charge in [0, 0.05) is 22.7 Å². The zero-order chi connectivity index (χ0) is 19.7. The molecule has 1 aliphatic heterocycles. The molecule has 146 valence electrons. The zero-order valence-electron chi connectivity index (χ0n) is 15.8. The number of anilines is 1. The van der Waals surface area contributed by atoms with Crippen molar-refractivity contribution in [2.24, 2.45) is 0 Å². The molecule has 0 aliphatic carbocycles. The Morgan fingerprint density at radius 3 is 2.63 bits per heavy atom. The molecule has 2 atom stereocenters. The van der Waals surface area contributed by atoms with Crippen LogP contribution in [0.2, 0.25) is 10.0 Å². The Morgan fingerprint density at radius 1 is 1.19 bits per heavy atom. The lowest BCUT2D eigenvalue weighted by molar-refractivity contribution is -0.185. The Balaban J connectivity index is 1.90. The fourth-order valence-corrected chi connectivity index (χ4v) is 3.64. The maximum atomic E-state index is 6.49. The van der Waals surface area contributed by atoms with E-state index in [1.54, 1.807) is 12.1 Å². The van der Waals surface area contributed by atoms with Crippen LogP contribution in [0.15, 0.2) is 42.5 Å². The highest BCUT2D eigenvalue weighted by atomic mass is 35.5. The van der Waals surface area contributed by atoms with Gasteiger partial charge in [0.05, 0.1) is 23.8 Å². The van der Waals surface area contributed by atoms with Crippen molar-refractivity contribution >= 4 is 28.9 Å². The highest BCUT2D eigenvalue weighted by molar-refractivity contribution is 6.35. The van der Waals surface area contributed by atoms with E-state index < -0.39 is 5.79 Å². The van der Waals surface area contributed by atoms with E-state index in [2.05, 4.69) is 0 Å². The van der Waals surface area contributed by atoms with Crippen molar-refractivity contribution in [2.45, 2.75) is 44.7 Å². The molecule has 0 bridgehead atoms. The summed E-state index contributed by atoms with van der Waals surface area (Å²) >= 11 is 12.6. The minimum Gasteiger partial charge on any atom is -0.399 e. The third-order valence-corrected chi connectivity index (χ3v) is 4.84. The number of halogens is 2. The Kier molecular flexibility index (Phi) is 6.04. The van der Waals surface area contributed by atoms with Gasteiger partial charge in [-0.2, -0.15) is 0 Å². The van der Waals surface area contributed by atoms with Gasteiger partial charge in [0.2, 0.25) is 5.79 Å². The molecule has 0 radical (unpaired) electrons. The Morgan fingerprint density at radius 2 is 1.96 bits per heavy atom. The summed E-state index contributed by atoms with van der Waals surface area (Å²) in [7, 11) is 0. The molecular weight excluding hydrogens is 385 g/mol. The second kappa shape index (κ2) is 7.98. The number of nitrogens with two attached hydrogens (primary N) is 1.